The molecule has 0 aliphatic rings. The zero-order valence-electron chi connectivity index (χ0n) is 11.1. The van der Waals surface area contributed by atoms with Gasteiger partial charge in [0.15, 0.2) is 5.69 Å². The van der Waals surface area contributed by atoms with Crippen LogP contribution in [0.25, 0.3) is 0 Å². The Morgan fingerprint density at radius 3 is 2.38 bits per heavy atom. The SMILES string of the molecule is CCCc1ccc(Oc2cc(C(F)(F)F)nc(Cl)n2)cc1. The quantitative estimate of drug-likeness (QED) is 0.753. The van der Waals surface area contributed by atoms with E-state index in [9.17, 15) is 13.2 Å². The minimum atomic E-state index is -4.60. The van der Waals surface area contributed by atoms with Crippen LogP contribution in [0.5, 0.6) is 11.6 Å². The van der Waals surface area contributed by atoms with Gasteiger partial charge in [0.1, 0.15) is 5.75 Å². The number of rotatable bonds is 4. The molecule has 0 unspecified atom stereocenters. The van der Waals surface area contributed by atoms with Gasteiger partial charge in [-0.05, 0) is 35.7 Å². The maximum Gasteiger partial charge on any atom is 0.433 e. The maximum atomic E-state index is 12.6. The number of ether oxygens (including phenoxy) is 1. The molecule has 0 aliphatic heterocycles. The lowest BCUT2D eigenvalue weighted by atomic mass is 10.1. The molecule has 112 valence electrons. The molecule has 0 fully saturated rings. The predicted molar refractivity (Wildman–Crippen MR) is 72.6 cm³/mol. The van der Waals surface area contributed by atoms with Gasteiger partial charge in [-0.15, -0.1) is 0 Å². The summed E-state index contributed by atoms with van der Waals surface area (Å²) in [7, 11) is 0. The van der Waals surface area contributed by atoms with E-state index in [4.69, 9.17) is 16.3 Å². The first-order valence-corrected chi connectivity index (χ1v) is 6.65. The van der Waals surface area contributed by atoms with Crippen molar-refractivity contribution in [1.29, 1.82) is 0 Å². The number of hydrogen-bond donors (Lipinski definition) is 0. The number of aryl methyl sites for hydroxylation is 1. The smallest absolute Gasteiger partial charge is 0.433 e. The third-order valence-corrected chi connectivity index (χ3v) is 2.82. The van der Waals surface area contributed by atoms with E-state index in [0.717, 1.165) is 18.4 Å². The van der Waals surface area contributed by atoms with Crippen LogP contribution >= 0.6 is 11.6 Å². The molecule has 3 nitrogen and oxygen atoms in total. The van der Waals surface area contributed by atoms with Crippen molar-refractivity contribution in [3.63, 3.8) is 0 Å². The van der Waals surface area contributed by atoms with Crippen LogP contribution in [0, 0.1) is 0 Å². The summed E-state index contributed by atoms with van der Waals surface area (Å²) in [6.07, 6.45) is -2.66. The van der Waals surface area contributed by atoms with Crippen LogP contribution in [0.1, 0.15) is 24.6 Å². The van der Waals surface area contributed by atoms with Crippen LogP contribution < -0.4 is 4.74 Å². The second-order valence-corrected chi connectivity index (χ2v) is 4.69. The van der Waals surface area contributed by atoms with E-state index in [0.29, 0.717) is 11.8 Å². The summed E-state index contributed by atoms with van der Waals surface area (Å²) in [5.74, 6) is 0.142. The van der Waals surface area contributed by atoms with Crippen molar-refractivity contribution in [2.24, 2.45) is 0 Å². The molecule has 0 saturated heterocycles. The molecule has 0 bridgehead atoms. The van der Waals surface area contributed by atoms with E-state index in [2.05, 4.69) is 16.9 Å². The van der Waals surface area contributed by atoms with Gasteiger partial charge in [0.2, 0.25) is 11.2 Å². The highest BCUT2D eigenvalue weighted by Crippen LogP contribution is 2.31. The van der Waals surface area contributed by atoms with Gasteiger partial charge in [-0.3, -0.25) is 0 Å². The molecule has 21 heavy (non-hydrogen) atoms. The van der Waals surface area contributed by atoms with Gasteiger partial charge in [-0.25, -0.2) is 4.98 Å². The van der Waals surface area contributed by atoms with Crippen LogP contribution in [0.3, 0.4) is 0 Å². The highest BCUT2D eigenvalue weighted by atomic mass is 35.5. The van der Waals surface area contributed by atoms with Crippen molar-refractivity contribution in [2.75, 3.05) is 0 Å². The summed E-state index contributed by atoms with van der Waals surface area (Å²) in [5.41, 5.74) is -0.0124. The maximum absolute atomic E-state index is 12.6. The summed E-state index contributed by atoms with van der Waals surface area (Å²) in [4.78, 5) is 6.77. The van der Waals surface area contributed by atoms with E-state index in [1.54, 1.807) is 12.1 Å². The summed E-state index contributed by atoms with van der Waals surface area (Å²) in [6.45, 7) is 2.06. The molecular formula is C14H12ClF3N2O. The topological polar surface area (TPSA) is 35.0 Å². The predicted octanol–water partition coefficient (Wildman–Crippen LogP) is 4.89. The summed E-state index contributed by atoms with van der Waals surface area (Å²) >= 11 is 5.49. The summed E-state index contributed by atoms with van der Waals surface area (Å²) < 4.78 is 43.2. The molecule has 0 radical (unpaired) electrons. The molecule has 0 saturated carbocycles. The van der Waals surface area contributed by atoms with Crippen molar-refractivity contribution >= 4 is 11.6 Å². The fourth-order valence-corrected chi connectivity index (χ4v) is 1.90. The highest BCUT2D eigenvalue weighted by Gasteiger charge is 2.33. The van der Waals surface area contributed by atoms with Gasteiger partial charge in [-0.1, -0.05) is 25.5 Å². The average molecular weight is 317 g/mol. The third kappa shape index (κ3) is 4.32. The van der Waals surface area contributed by atoms with Gasteiger partial charge in [-0.2, -0.15) is 18.2 Å². The molecule has 0 spiro atoms. The van der Waals surface area contributed by atoms with Gasteiger partial charge in [0.05, 0.1) is 0 Å². The van der Waals surface area contributed by atoms with E-state index >= 15 is 0 Å². The second-order valence-electron chi connectivity index (χ2n) is 4.35. The second kappa shape index (κ2) is 6.30. The van der Waals surface area contributed by atoms with Crippen molar-refractivity contribution < 1.29 is 17.9 Å². The standard InChI is InChI=1S/C14H12ClF3N2O/c1-2-3-9-4-6-10(7-5-9)21-12-8-11(14(16,17)18)19-13(15)20-12/h4-8H,2-3H2,1H3. The minimum absolute atomic E-state index is 0.245. The number of aromatic nitrogens is 2. The molecule has 0 N–H and O–H groups in total. The van der Waals surface area contributed by atoms with Crippen molar-refractivity contribution in [2.45, 2.75) is 25.9 Å². The van der Waals surface area contributed by atoms with Crippen molar-refractivity contribution in [3.8, 4) is 11.6 Å². The zero-order valence-corrected chi connectivity index (χ0v) is 11.9. The van der Waals surface area contributed by atoms with Crippen LogP contribution in [0.4, 0.5) is 13.2 Å². The highest BCUT2D eigenvalue weighted by molar-refractivity contribution is 6.28. The third-order valence-electron chi connectivity index (χ3n) is 2.65. The zero-order chi connectivity index (χ0) is 15.5. The Morgan fingerprint density at radius 2 is 1.81 bits per heavy atom. The largest absolute Gasteiger partial charge is 0.439 e. The molecule has 1 heterocycles. The molecule has 2 aromatic rings. The lowest BCUT2D eigenvalue weighted by Gasteiger charge is -2.09. The molecule has 1 aromatic heterocycles. The van der Waals surface area contributed by atoms with E-state index < -0.39 is 17.2 Å². The fraction of sp³-hybridized carbons (Fsp3) is 0.286. The summed E-state index contributed by atoms with van der Waals surface area (Å²) in [5, 5.41) is -0.512. The Balaban J connectivity index is 2.21. The first kappa shape index (κ1) is 15.6. The molecule has 0 amide bonds. The van der Waals surface area contributed by atoms with Crippen molar-refractivity contribution in [1.82, 2.24) is 9.97 Å². The number of halogens is 4. The number of alkyl halides is 3. The lowest BCUT2D eigenvalue weighted by Crippen LogP contribution is -2.09. The Hall–Kier alpha value is -1.82. The van der Waals surface area contributed by atoms with Crippen molar-refractivity contribution in [3.05, 3.63) is 46.9 Å². The normalized spacial score (nSPS) is 11.5. The first-order valence-electron chi connectivity index (χ1n) is 6.27. The Labute approximate surface area is 124 Å². The van der Waals surface area contributed by atoms with Crippen LogP contribution in [0.15, 0.2) is 30.3 Å². The number of hydrogen-bond acceptors (Lipinski definition) is 3. The van der Waals surface area contributed by atoms with Crippen LogP contribution in [0.2, 0.25) is 5.28 Å². The molecule has 0 atom stereocenters. The Kier molecular flexibility index (Phi) is 4.67. The minimum Gasteiger partial charge on any atom is -0.439 e. The number of nitrogens with zero attached hydrogens (tertiary/aromatic N) is 2. The van der Waals surface area contributed by atoms with E-state index in [1.807, 2.05) is 12.1 Å². The van der Waals surface area contributed by atoms with E-state index in [1.165, 1.54) is 0 Å². The van der Waals surface area contributed by atoms with Gasteiger partial charge < -0.3 is 4.74 Å². The van der Waals surface area contributed by atoms with Crippen LogP contribution in [-0.2, 0) is 12.6 Å². The monoisotopic (exact) mass is 316 g/mol. The van der Waals surface area contributed by atoms with Gasteiger partial charge in [0.25, 0.3) is 0 Å². The number of benzene rings is 1. The molecule has 7 heteroatoms. The first-order chi connectivity index (χ1) is 9.88. The molecular weight excluding hydrogens is 305 g/mol. The average Bonchev–Trinajstić information content (AvgIpc) is 2.40. The Bertz CT molecular complexity index is 615. The Morgan fingerprint density at radius 1 is 1.14 bits per heavy atom. The van der Waals surface area contributed by atoms with Gasteiger partial charge in [0, 0.05) is 6.07 Å². The lowest BCUT2D eigenvalue weighted by molar-refractivity contribution is -0.141. The fourth-order valence-electron chi connectivity index (χ4n) is 1.73. The molecule has 1 aromatic carbocycles. The molecule has 2 rings (SSSR count). The summed E-state index contributed by atoms with van der Waals surface area (Å²) in [6, 6.07) is 7.77. The van der Waals surface area contributed by atoms with E-state index in [-0.39, 0.29) is 5.88 Å². The van der Waals surface area contributed by atoms with Crippen LogP contribution in [-0.4, -0.2) is 9.97 Å². The van der Waals surface area contributed by atoms with Gasteiger partial charge >= 0.3 is 6.18 Å². The molecule has 0 aliphatic carbocycles.